The molecule has 1 aromatic rings. The number of carboxylic acid groups (broad SMARTS) is 1. The van der Waals surface area contributed by atoms with Gasteiger partial charge in [-0.2, -0.15) is 0 Å². The number of nitrogens with zero attached hydrogens (tertiary/aromatic N) is 1. The second kappa shape index (κ2) is 5.72. The standard InChI is InChI=1S/C16H19NO3S/c1-10(11-5-3-2-4-6-11)14(18)17-13(16(19)20)9-21-15(17)12-7-8-12/h2-6,10,12-13,15H,7-9H2,1H3,(H,19,20). The van der Waals surface area contributed by atoms with Crippen LogP contribution in [0, 0.1) is 5.92 Å². The molecule has 3 atom stereocenters. The normalized spacial score (nSPS) is 26.6. The Kier molecular flexibility index (Phi) is 3.93. The van der Waals surface area contributed by atoms with E-state index in [-0.39, 0.29) is 17.2 Å². The number of thioether (sulfide) groups is 1. The maximum atomic E-state index is 12.9. The fourth-order valence-corrected chi connectivity index (χ4v) is 4.49. The first-order valence-corrected chi connectivity index (χ1v) is 8.36. The van der Waals surface area contributed by atoms with Crippen molar-refractivity contribution in [2.24, 2.45) is 5.92 Å². The summed E-state index contributed by atoms with van der Waals surface area (Å²) < 4.78 is 0. The largest absolute Gasteiger partial charge is 0.480 e. The molecule has 3 unspecified atom stereocenters. The number of carbonyl (C=O) groups excluding carboxylic acids is 1. The molecule has 0 aromatic heterocycles. The molecule has 1 aromatic carbocycles. The van der Waals surface area contributed by atoms with Crippen molar-refractivity contribution < 1.29 is 14.7 Å². The SMILES string of the molecule is CC(C(=O)N1C(C(=O)O)CSC1C1CC1)c1ccccc1. The smallest absolute Gasteiger partial charge is 0.327 e. The monoisotopic (exact) mass is 305 g/mol. The van der Waals surface area contributed by atoms with Crippen molar-refractivity contribution in [1.29, 1.82) is 0 Å². The molecule has 2 aliphatic rings. The van der Waals surface area contributed by atoms with Gasteiger partial charge in [0.05, 0.1) is 11.3 Å². The van der Waals surface area contributed by atoms with Gasteiger partial charge in [-0.1, -0.05) is 30.3 Å². The minimum atomic E-state index is -0.890. The average Bonchev–Trinajstić information content (AvgIpc) is 3.24. The third-order valence-corrected chi connectivity index (χ3v) is 5.73. The Bertz CT molecular complexity index is 544. The lowest BCUT2D eigenvalue weighted by Crippen LogP contribution is -2.47. The molecule has 1 saturated carbocycles. The lowest BCUT2D eigenvalue weighted by atomic mass is 9.99. The minimum Gasteiger partial charge on any atom is -0.480 e. The average molecular weight is 305 g/mol. The van der Waals surface area contributed by atoms with E-state index in [2.05, 4.69) is 0 Å². The lowest BCUT2D eigenvalue weighted by molar-refractivity contribution is -0.149. The Balaban J connectivity index is 1.84. The summed E-state index contributed by atoms with van der Waals surface area (Å²) in [6, 6.07) is 8.90. The molecule has 1 heterocycles. The molecule has 2 fully saturated rings. The zero-order valence-corrected chi connectivity index (χ0v) is 12.8. The van der Waals surface area contributed by atoms with Gasteiger partial charge in [-0.15, -0.1) is 11.8 Å². The van der Waals surface area contributed by atoms with Crippen LogP contribution in [0.2, 0.25) is 0 Å². The fraction of sp³-hybridized carbons (Fsp3) is 0.500. The van der Waals surface area contributed by atoms with Crippen molar-refractivity contribution in [3.05, 3.63) is 35.9 Å². The van der Waals surface area contributed by atoms with Gasteiger partial charge in [-0.05, 0) is 31.2 Å². The van der Waals surface area contributed by atoms with Gasteiger partial charge in [0.15, 0.2) is 0 Å². The maximum Gasteiger partial charge on any atom is 0.327 e. The van der Waals surface area contributed by atoms with Gasteiger partial charge in [0, 0.05) is 5.75 Å². The van der Waals surface area contributed by atoms with Crippen LogP contribution in [0.15, 0.2) is 30.3 Å². The Morgan fingerprint density at radius 1 is 1.29 bits per heavy atom. The van der Waals surface area contributed by atoms with E-state index < -0.39 is 12.0 Å². The molecule has 1 aliphatic heterocycles. The Labute approximate surface area is 128 Å². The molecular formula is C16H19NO3S. The molecule has 3 rings (SSSR count). The van der Waals surface area contributed by atoms with E-state index in [0.29, 0.717) is 11.7 Å². The first-order chi connectivity index (χ1) is 10.1. The summed E-state index contributed by atoms with van der Waals surface area (Å²) in [4.78, 5) is 26.0. The van der Waals surface area contributed by atoms with Crippen LogP contribution >= 0.6 is 11.8 Å². The van der Waals surface area contributed by atoms with Gasteiger partial charge >= 0.3 is 5.97 Å². The minimum absolute atomic E-state index is 0.0461. The van der Waals surface area contributed by atoms with E-state index in [1.54, 1.807) is 16.7 Å². The molecular weight excluding hydrogens is 286 g/mol. The molecule has 0 spiro atoms. The molecule has 1 aliphatic carbocycles. The highest BCUT2D eigenvalue weighted by atomic mass is 32.2. The van der Waals surface area contributed by atoms with Crippen molar-refractivity contribution in [2.75, 3.05) is 5.75 Å². The first kappa shape index (κ1) is 14.4. The number of amides is 1. The number of hydrogen-bond acceptors (Lipinski definition) is 3. The van der Waals surface area contributed by atoms with Crippen LogP contribution < -0.4 is 0 Å². The highest BCUT2D eigenvalue weighted by molar-refractivity contribution is 8.00. The number of aliphatic carboxylic acids is 1. The van der Waals surface area contributed by atoms with Crippen molar-refractivity contribution in [2.45, 2.75) is 37.1 Å². The molecule has 1 amide bonds. The van der Waals surface area contributed by atoms with Crippen LogP contribution in [-0.4, -0.2) is 39.1 Å². The predicted octanol–water partition coefficient (Wildman–Crippen LogP) is 2.55. The molecule has 112 valence electrons. The molecule has 21 heavy (non-hydrogen) atoms. The van der Waals surface area contributed by atoms with E-state index in [1.807, 2.05) is 37.3 Å². The van der Waals surface area contributed by atoms with Gasteiger partial charge in [0.25, 0.3) is 0 Å². The molecule has 0 radical (unpaired) electrons. The van der Waals surface area contributed by atoms with Crippen LogP contribution in [0.4, 0.5) is 0 Å². The zero-order valence-electron chi connectivity index (χ0n) is 11.9. The van der Waals surface area contributed by atoms with Gasteiger partial charge in [0.1, 0.15) is 6.04 Å². The van der Waals surface area contributed by atoms with E-state index in [0.717, 1.165) is 18.4 Å². The van der Waals surface area contributed by atoms with Crippen molar-refractivity contribution >= 4 is 23.6 Å². The predicted molar refractivity (Wildman–Crippen MR) is 82.1 cm³/mol. The van der Waals surface area contributed by atoms with E-state index >= 15 is 0 Å². The summed E-state index contributed by atoms with van der Waals surface area (Å²) in [5.41, 5.74) is 0.943. The number of carbonyl (C=O) groups is 2. The second-order valence-corrected chi connectivity index (χ2v) is 6.94. The van der Waals surface area contributed by atoms with E-state index in [1.165, 1.54) is 0 Å². The van der Waals surface area contributed by atoms with Crippen molar-refractivity contribution in [3.63, 3.8) is 0 Å². The number of hydrogen-bond donors (Lipinski definition) is 1. The van der Waals surface area contributed by atoms with Crippen LogP contribution in [0.3, 0.4) is 0 Å². The Hall–Kier alpha value is -1.49. The van der Waals surface area contributed by atoms with Crippen LogP contribution in [0.1, 0.15) is 31.2 Å². The molecule has 4 nitrogen and oxygen atoms in total. The third-order valence-electron chi connectivity index (χ3n) is 4.27. The molecule has 5 heteroatoms. The Morgan fingerprint density at radius 3 is 2.52 bits per heavy atom. The summed E-state index contributed by atoms with van der Waals surface area (Å²) in [5, 5.41) is 9.44. The summed E-state index contributed by atoms with van der Waals surface area (Å²) in [6.45, 7) is 1.86. The van der Waals surface area contributed by atoms with Gasteiger partial charge in [-0.3, -0.25) is 4.79 Å². The number of carboxylic acids is 1. The zero-order chi connectivity index (χ0) is 15.0. The topological polar surface area (TPSA) is 57.6 Å². The van der Waals surface area contributed by atoms with E-state index in [4.69, 9.17) is 0 Å². The van der Waals surface area contributed by atoms with Crippen molar-refractivity contribution in [1.82, 2.24) is 4.90 Å². The maximum absolute atomic E-state index is 12.9. The summed E-state index contributed by atoms with van der Waals surface area (Å²) in [6.07, 6.45) is 2.21. The number of rotatable bonds is 4. The Morgan fingerprint density at radius 2 is 1.95 bits per heavy atom. The number of benzene rings is 1. The molecule has 1 saturated heterocycles. The quantitative estimate of drug-likeness (QED) is 0.929. The highest BCUT2D eigenvalue weighted by Gasteiger charge is 2.48. The van der Waals surface area contributed by atoms with E-state index in [9.17, 15) is 14.7 Å². The highest BCUT2D eigenvalue weighted by Crippen LogP contribution is 2.46. The van der Waals surface area contributed by atoms with Crippen LogP contribution in [0.25, 0.3) is 0 Å². The van der Waals surface area contributed by atoms with Crippen LogP contribution in [-0.2, 0) is 9.59 Å². The van der Waals surface area contributed by atoms with Crippen LogP contribution in [0.5, 0.6) is 0 Å². The molecule has 0 bridgehead atoms. The second-order valence-electron chi connectivity index (χ2n) is 5.79. The first-order valence-electron chi connectivity index (χ1n) is 7.31. The summed E-state index contributed by atoms with van der Waals surface area (Å²) >= 11 is 1.62. The lowest BCUT2D eigenvalue weighted by Gasteiger charge is -2.30. The third kappa shape index (κ3) is 2.79. The van der Waals surface area contributed by atoms with Gasteiger partial charge < -0.3 is 10.0 Å². The van der Waals surface area contributed by atoms with Gasteiger partial charge in [0.2, 0.25) is 5.91 Å². The summed E-state index contributed by atoms with van der Waals surface area (Å²) in [7, 11) is 0. The fourth-order valence-electron chi connectivity index (χ4n) is 2.85. The molecule has 1 N–H and O–H groups in total. The van der Waals surface area contributed by atoms with Gasteiger partial charge in [-0.25, -0.2) is 4.79 Å². The summed E-state index contributed by atoms with van der Waals surface area (Å²) in [5.74, 6) is -0.266. The van der Waals surface area contributed by atoms with Crippen molar-refractivity contribution in [3.8, 4) is 0 Å².